The highest BCUT2D eigenvalue weighted by Crippen LogP contribution is 2.30. The summed E-state index contributed by atoms with van der Waals surface area (Å²) in [6, 6.07) is 25.0. The van der Waals surface area contributed by atoms with Crippen molar-refractivity contribution in [2.45, 2.75) is 24.2 Å². The summed E-state index contributed by atoms with van der Waals surface area (Å²) in [5, 5.41) is 11.9. The van der Waals surface area contributed by atoms with Crippen LogP contribution in [0.4, 0.5) is 11.4 Å². The van der Waals surface area contributed by atoms with Crippen molar-refractivity contribution in [2.24, 2.45) is 10.2 Å². The topological polar surface area (TPSA) is 112 Å². The number of hydrogen-bond donors (Lipinski definition) is 1. The average Bonchev–Trinajstić information content (AvgIpc) is 3.31. The van der Waals surface area contributed by atoms with Crippen LogP contribution in [0, 0.1) is 0 Å². The van der Waals surface area contributed by atoms with E-state index >= 15 is 0 Å². The van der Waals surface area contributed by atoms with Crippen LogP contribution in [0.25, 0.3) is 28.2 Å². The summed E-state index contributed by atoms with van der Waals surface area (Å²) in [4.78, 5) is 18.0. The van der Waals surface area contributed by atoms with Gasteiger partial charge in [0.1, 0.15) is 0 Å². The lowest BCUT2D eigenvalue weighted by Crippen LogP contribution is -2.35. The van der Waals surface area contributed by atoms with Crippen LogP contribution in [0.15, 0.2) is 105 Å². The largest absolute Gasteiger partial charge is 0.294 e. The highest BCUT2D eigenvalue weighted by molar-refractivity contribution is 7.89. The predicted molar refractivity (Wildman–Crippen MR) is 155 cm³/mol. The van der Waals surface area contributed by atoms with Crippen molar-refractivity contribution in [3.63, 3.8) is 0 Å². The van der Waals surface area contributed by atoms with Crippen LogP contribution in [0.1, 0.15) is 19.3 Å². The van der Waals surface area contributed by atoms with Crippen molar-refractivity contribution in [1.82, 2.24) is 18.9 Å². The second-order valence-corrected chi connectivity index (χ2v) is 11.9. The molecule has 0 amide bonds. The molecule has 0 radical (unpaired) electrons. The van der Waals surface area contributed by atoms with Gasteiger partial charge in [-0.2, -0.15) is 9.42 Å². The van der Waals surface area contributed by atoms with Crippen LogP contribution in [-0.4, -0.2) is 40.4 Å². The molecule has 0 atom stereocenters. The molecule has 0 bridgehead atoms. The Labute approximate surface area is 235 Å². The third kappa shape index (κ3) is 5.08. The minimum absolute atomic E-state index is 0.0398. The Morgan fingerprint density at radius 1 is 0.825 bits per heavy atom. The molecule has 5 aromatic rings. The van der Waals surface area contributed by atoms with E-state index in [4.69, 9.17) is 16.6 Å². The monoisotopic (exact) mass is 572 g/mol. The van der Waals surface area contributed by atoms with Crippen molar-refractivity contribution in [3.05, 3.63) is 100 Å². The highest BCUT2D eigenvalue weighted by atomic mass is 35.5. The lowest BCUT2D eigenvalue weighted by atomic mass is 10.1. The van der Waals surface area contributed by atoms with Gasteiger partial charge in [-0.1, -0.05) is 60.5 Å². The zero-order valence-corrected chi connectivity index (χ0v) is 22.9. The fourth-order valence-electron chi connectivity index (χ4n) is 4.76. The Morgan fingerprint density at radius 3 is 2.23 bits per heavy atom. The normalized spacial score (nSPS) is 14.7. The van der Waals surface area contributed by atoms with Gasteiger partial charge in [0.2, 0.25) is 10.0 Å². The summed E-state index contributed by atoms with van der Waals surface area (Å²) in [5.41, 5.74) is 3.37. The van der Waals surface area contributed by atoms with Crippen molar-refractivity contribution in [3.8, 4) is 22.5 Å². The van der Waals surface area contributed by atoms with Gasteiger partial charge in [0, 0.05) is 29.2 Å². The van der Waals surface area contributed by atoms with Crippen molar-refractivity contribution >= 4 is 38.6 Å². The third-order valence-corrected chi connectivity index (χ3v) is 9.02. The van der Waals surface area contributed by atoms with Crippen molar-refractivity contribution in [2.75, 3.05) is 13.1 Å². The number of nitrogens with zero attached hydrogens (tertiary/aromatic N) is 5. The lowest BCUT2D eigenvalue weighted by molar-refractivity contribution is 0.346. The standard InChI is InChI=1S/C29H25ClN6O3S/c30-22-11-9-21(10-12-22)26-19-25(20-7-3-1-4-8-20)31-28-27(29(37)34-36(26)28)33-32-23-13-15-24(16-14-23)40(38,39)35-17-5-2-6-18-35/h1,3-4,7-16,19H,2,5-6,17-18H2,(H,34,37). The molecule has 40 heavy (non-hydrogen) atoms. The third-order valence-electron chi connectivity index (χ3n) is 6.86. The number of H-pyrrole nitrogens is 1. The molecule has 0 aliphatic carbocycles. The molecule has 1 aliphatic heterocycles. The number of sulfonamides is 1. The maximum atomic E-state index is 13.0. The van der Waals surface area contributed by atoms with Gasteiger partial charge < -0.3 is 0 Å². The van der Waals surface area contributed by atoms with Gasteiger partial charge in [0.15, 0.2) is 11.3 Å². The van der Waals surface area contributed by atoms with E-state index in [1.165, 1.54) is 16.4 Å². The summed E-state index contributed by atoms with van der Waals surface area (Å²) in [6.07, 6.45) is 2.78. The van der Waals surface area contributed by atoms with Crippen LogP contribution in [0.3, 0.4) is 0 Å². The van der Waals surface area contributed by atoms with E-state index in [0.717, 1.165) is 30.4 Å². The molecule has 3 aromatic carbocycles. The molecule has 9 nitrogen and oxygen atoms in total. The second-order valence-electron chi connectivity index (χ2n) is 9.51. The Balaban J connectivity index is 1.39. The van der Waals surface area contributed by atoms with Crippen LogP contribution >= 0.6 is 11.6 Å². The molecule has 1 aliphatic rings. The quantitative estimate of drug-likeness (QED) is 0.231. The van der Waals surface area contributed by atoms with Gasteiger partial charge in [0.05, 0.1) is 22.0 Å². The summed E-state index contributed by atoms with van der Waals surface area (Å²) >= 11 is 6.11. The zero-order valence-electron chi connectivity index (χ0n) is 21.4. The first-order valence-corrected chi connectivity index (χ1v) is 14.7. The Bertz CT molecular complexity index is 1860. The fourth-order valence-corrected chi connectivity index (χ4v) is 6.40. The molecule has 1 fully saturated rings. The first kappa shape index (κ1) is 26.1. The second kappa shape index (κ2) is 10.8. The first-order valence-electron chi connectivity index (χ1n) is 12.9. The number of rotatable bonds is 6. The minimum atomic E-state index is -3.55. The minimum Gasteiger partial charge on any atom is -0.265 e. The SMILES string of the molecule is O=c1[nH]n2c(-c3ccc(Cl)cc3)cc(-c3ccccc3)nc2c1N=Nc1ccc(S(=O)(=O)N2CCCCC2)cc1. The maximum absolute atomic E-state index is 13.0. The number of hydrogen-bond acceptors (Lipinski definition) is 6. The van der Waals surface area contributed by atoms with Crippen LogP contribution in [-0.2, 0) is 10.0 Å². The number of halogens is 1. The molecule has 202 valence electrons. The molecule has 11 heteroatoms. The summed E-state index contributed by atoms with van der Waals surface area (Å²) in [6.45, 7) is 1.06. The predicted octanol–water partition coefficient (Wildman–Crippen LogP) is 6.60. The van der Waals surface area contributed by atoms with Gasteiger partial charge >= 0.3 is 0 Å². The van der Waals surface area contributed by atoms with Crippen LogP contribution in [0.5, 0.6) is 0 Å². The van der Waals surface area contributed by atoms with E-state index in [1.807, 2.05) is 48.5 Å². The van der Waals surface area contributed by atoms with Gasteiger partial charge in [-0.15, -0.1) is 5.11 Å². The van der Waals surface area contributed by atoms with Crippen molar-refractivity contribution < 1.29 is 8.42 Å². The van der Waals surface area contributed by atoms with E-state index in [1.54, 1.807) is 28.8 Å². The number of azo groups is 1. The summed E-state index contributed by atoms with van der Waals surface area (Å²) in [5.74, 6) is 0. The lowest BCUT2D eigenvalue weighted by Gasteiger charge is -2.25. The smallest absolute Gasteiger partial charge is 0.265 e. The number of aromatic nitrogens is 3. The molecular formula is C29H25ClN6O3S. The average molecular weight is 573 g/mol. The number of aromatic amines is 1. The van der Waals surface area contributed by atoms with Gasteiger partial charge in [-0.05, 0) is 55.3 Å². The van der Waals surface area contributed by atoms with Crippen LogP contribution in [0.2, 0.25) is 5.02 Å². The Hall–Kier alpha value is -4.12. The van der Waals surface area contributed by atoms with E-state index in [-0.39, 0.29) is 10.6 Å². The highest BCUT2D eigenvalue weighted by Gasteiger charge is 2.25. The first-order chi connectivity index (χ1) is 19.4. The molecule has 0 spiro atoms. The summed E-state index contributed by atoms with van der Waals surface area (Å²) in [7, 11) is -3.55. The molecule has 2 aromatic heterocycles. The molecule has 1 N–H and O–H groups in total. The molecule has 0 saturated carbocycles. The molecular weight excluding hydrogens is 548 g/mol. The van der Waals surface area contributed by atoms with E-state index in [0.29, 0.717) is 40.8 Å². The Kier molecular flexibility index (Phi) is 7.05. The molecule has 3 heterocycles. The number of nitrogens with one attached hydrogen (secondary N) is 1. The number of benzene rings is 3. The van der Waals surface area contributed by atoms with E-state index < -0.39 is 15.6 Å². The number of piperidine rings is 1. The Morgan fingerprint density at radius 2 is 1.52 bits per heavy atom. The fraction of sp³-hybridized carbons (Fsp3) is 0.172. The van der Waals surface area contributed by atoms with Crippen molar-refractivity contribution in [1.29, 1.82) is 0 Å². The van der Waals surface area contributed by atoms with Crippen LogP contribution < -0.4 is 5.56 Å². The van der Waals surface area contributed by atoms with Gasteiger partial charge in [0.25, 0.3) is 5.56 Å². The molecule has 6 rings (SSSR count). The molecule has 0 unspecified atom stereocenters. The molecule has 1 saturated heterocycles. The van der Waals surface area contributed by atoms with Gasteiger partial charge in [-0.25, -0.2) is 17.9 Å². The maximum Gasteiger partial charge on any atom is 0.294 e. The van der Waals surface area contributed by atoms with E-state index in [9.17, 15) is 13.2 Å². The zero-order chi connectivity index (χ0) is 27.7. The summed E-state index contributed by atoms with van der Waals surface area (Å²) < 4.78 is 29.0. The van der Waals surface area contributed by atoms with E-state index in [2.05, 4.69) is 15.3 Å². The number of fused-ring (bicyclic) bond motifs is 1. The van der Waals surface area contributed by atoms with Gasteiger partial charge in [-0.3, -0.25) is 9.89 Å².